The molecule has 2 aromatic carbocycles. The molecule has 4 aromatic rings. The predicted octanol–water partition coefficient (Wildman–Crippen LogP) is 4.19. The Morgan fingerprint density at radius 3 is 2.84 bits per heavy atom. The number of hydrogen-bond donors (Lipinski definition) is 2. The second-order valence-corrected chi connectivity index (χ2v) is 5.92. The largest absolute Gasteiger partial charge is 0.345 e. The van der Waals surface area contributed by atoms with E-state index < -0.39 is 0 Å². The number of carbonyl (C=O) groups is 1. The highest BCUT2D eigenvalue weighted by Gasteiger charge is 2.09. The van der Waals surface area contributed by atoms with Gasteiger partial charge in [0.25, 0.3) is 5.91 Å². The summed E-state index contributed by atoms with van der Waals surface area (Å²) in [6, 6.07) is 15.5. The quantitative estimate of drug-likeness (QED) is 0.592. The highest BCUT2D eigenvalue weighted by molar-refractivity contribution is 6.05. The summed E-state index contributed by atoms with van der Waals surface area (Å²) in [5.74, 6) is -0.194. The van der Waals surface area contributed by atoms with Crippen molar-refractivity contribution in [2.75, 3.05) is 5.32 Å². The van der Waals surface area contributed by atoms with Crippen LogP contribution in [0.15, 0.2) is 67.3 Å². The molecule has 0 aliphatic carbocycles. The van der Waals surface area contributed by atoms with Crippen LogP contribution in [0.1, 0.15) is 15.9 Å². The average Bonchev–Trinajstić information content (AvgIpc) is 3.09. The highest BCUT2D eigenvalue weighted by Crippen LogP contribution is 2.21. The van der Waals surface area contributed by atoms with Crippen molar-refractivity contribution in [3.05, 3.63) is 78.4 Å². The molecule has 0 fully saturated rings. The number of H-pyrrole nitrogens is 1. The van der Waals surface area contributed by atoms with Crippen LogP contribution in [0.5, 0.6) is 0 Å². The fraction of sp³-hybridized carbons (Fsp3) is 0.0500. The Kier molecular flexibility index (Phi) is 3.74. The molecule has 122 valence electrons. The molecule has 0 atom stereocenters. The maximum atomic E-state index is 12.6. The number of benzene rings is 2. The number of aromatic amines is 1. The van der Waals surface area contributed by atoms with Crippen molar-refractivity contribution in [2.24, 2.45) is 0 Å². The number of anilines is 1. The predicted molar refractivity (Wildman–Crippen MR) is 98.5 cm³/mol. The van der Waals surface area contributed by atoms with E-state index in [-0.39, 0.29) is 5.91 Å². The van der Waals surface area contributed by atoms with E-state index in [0.29, 0.717) is 11.3 Å². The third-order valence-electron chi connectivity index (χ3n) is 4.03. The molecule has 0 unspecified atom stereocenters. The Hall–Kier alpha value is -3.47. The zero-order valence-electron chi connectivity index (χ0n) is 13.7. The van der Waals surface area contributed by atoms with E-state index in [4.69, 9.17) is 0 Å². The maximum Gasteiger partial charge on any atom is 0.257 e. The van der Waals surface area contributed by atoms with E-state index >= 15 is 0 Å². The van der Waals surface area contributed by atoms with Gasteiger partial charge in [0, 0.05) is 23.6 Å². The van der Waals surface area contributed by atoms with Gasteiger partial charge in [0.05, 0.1) is 22.9 Å². The number of aromatic nitrogens is 3. The number of rotatable bonds is 3. The summed E-state index contributed by atoms with van der Waals surface area (Å²) in [4.78, 5) is 24.0. The van der Waals surface area contributed by atoms with Gasteiger partial charge < -0.3 is 10.3 Å². The van der Waals surface area contributed by atoms with E-state index in [9.17, 15) is 4.79 Å². The molecule has 0 saturated carbocycles. The molecule has 5 heteroatoms. The number of carbonyl (C=O) groups excluding carboxylic acids is 1. The Morgan fingerprint density at radius 1 is 1.04 bits per heavy atom. The number of amides is 1. The van der Waals surface area contributed by atoms with Gasteiger partial charge in [0.15, 0.2) is 0 Å². The SMILES string of the molecule is Cc1cccc(-c2cncc(C(=O)Nc3ccc4nc[nH]c4c3)c2)c1. The minimum absolute atomic E-state index is 0.194. The van der Waals surface area contributed by atoms with E-state index in [1.165, 1.54) is 5.56 Å². The first-order valence-corrected chi connectivity index (χ1v) is 7.96. The summed E-state index contributed by atoms with van der Waals surface area (Å²) in [6.07, 6.45) is 4.97. The Balaban J connectivity index is 1.60. The third-order valence-corrected chi connectivity index (χ3v) is 4.03. The van der Waals surface area contributed by atoms with Crippen LogP contribution >= 0.6 is 0 Å². The molecular weight excluding hydrogens is 312 g/mol. The zero-order valence-corrected chi connectivity index (χ0v) is 13.7. The van der Waals surface area contributed by atoms with Crippen molar-refractivity contribution in [3.63, 3.8) is 0 Å². The minimum Gasteiger partial charge on any atom is -0.345 e. The first-order chi connectivity index (χ1) is 12.2. The molecule has 0 radical (unpaired) electrons. The lowest BCUT2D eigenvalue weighted by atomic mass is 10.0. The van der Waals surface area contributed by atoms with Gasteiger partial charge in [0.1, 0.15) is 0 Å². The van der Waals surface area contributed by atoms with Crippen LogP contribution in [0.4, 0.5) is 5.69 Å². The van der Waals surface area contributed by atoms with Crippen LogP contribution in [0.3, 0.4) is 0 Å². The normalized spacial score (nSPS) is 10.8. The molecule has 5 nitrogen and oxygen atoms in total. The van der Waals surface area contributed by atoms with Gasteiger partial charge in [-0.15, -0.1) is 0 Å². The van der Waals surface area contributed by atoms with Crippen molar-refractivity contribution in [1.82, 2.24) is 15.0 Å². The highest BCUT2D eigenvalue weighted by atomic mass is 16.1. The van der Waals surface area contributed by atoms with Crippen LogP contribution < -0.4 is 5.32 Å². The van der Waals surface area contributed by atoms with Crippen LogP contribution in [0.25, 0.3) is 22.2 Å². The Labute approximate surface area is 144 Å². The average molecular weight is 328 g/mol. The first kappa shape index (κ1) is 15.1. The van der Waals surface area contributed by atoms with Gasteiger partial charge in [-0.25, -0.2) is 4.98 Å². The molecule has 0 spiro atoms. The summed E-state index contributed by atoms with van der Waals surface area (Å²) in [6.45, 7) is 2.04. The van der Waals surface area contributed by atoms with E-state index in [1.807, 2.05) is 49.4 Å². The molecule has 0 aliphatic rings. The number of pyridine rings is 1. The number of aryl methyl sites for hydroxylation is 1. The maximum absolute atomic E-state index is 12.6. The molecule has 2 heterocycles. The van der Waals surface area contributed by atoms with Gasteiger partial charge in [-0.3, -0.25) is 9.78 Å². The monoisotopic (exact) mass is 328 g/mol. The summed E-state index contributed by atoms with van der Waals surface area (Å²) < 4.78 is 0. The van der Waals surface area contributed by atoms with Gasteiger partial charge in [-0.05, 0) is 36.8 Å². The second-order valence-electron chi connectivity index (χ2n) is 5.92. The fourth-order valence-corrected chi connectivity index (χ4v) is 2.76. The first-order valence-electron chi connectivity index (χ1n) is 7.96. The molecule has 0 saturated heterocycles. The van der Waals surface area contributed by atoms with Crippen LogP contribution in [-0.2, 0) is 0 Å². The number of imidazole rings is 1. The van der Waals surface area contributed by atoms with Gasteiger partial charge >= 0.3 is 0 Å². The van der Waals surface area contributed by atoms with Crippen LogP contribution in [-0.4, -0.2) is 20.9 Å². The lowest BCUT2D eigenvalue weighted by Gasteiger charge is -2.07. The molecule has 1 amide bonds. The molecular formula is C20H16N4O. The number of nitrogens with zero attached hydrogens (tertiary/aromatic N) is 2. The molecule has 2 aromatic heterocycles. The van der Waals surface area contributed by atoms with Gasteiger partial charge in [-0.2, -0.15) is 0 Å². The standard InChI is InChI=1S/C20H16N4O/c1-13-3-2-4-14(7-13)15-8-16(11-21-10-15)20(25)24-17-5-6-18-19(9-17)23-12-22-18/h2-12H,1H3,(H,22,23)(H,24,25). The lowest BCUT2D eigenvalue weighted by Crippen LogP contribution is -2.12. The minimum atomic E-state index is -0.194. The Bertz CT molecular complexity index is 1070. The second kappa shape index (κ2) is 6.20. The summed E-state index contributed by atoms with van der Waals surface area (Å²) >= 11 is 0. The lowest BCUT2D eigenvalue weighted by molar-refractivity contribution is 0.102. The number of hydrogen-bond acceptors (Lipinski definition) is 3. The zero-order chi connectivity index (χ0) is 17.2. The molecule has 4 rings (SSSR count). The van der Waals surface area contributed by atoms with Crippen LogP contribution in [0, 0.1) is 6.92 Å². The topological polar surface area (TPSA) is 70.7 Å². The van der Waals surface area contributed by atoms with Crippen molar-refractivity contribution in [1.29, 1.82) is 0 Å². The Morgan fingerprint density at radius 2 is 1.96 bits per heavy atom. The third kappa shape index (κ3) is 3.12. The number of nitrogens with one attached hydrogen (secondary N) is 2. The van der Waals surface area contributed by atoms with Gasteiger partial charge in [0.2, 0.25) is 0 Å². The molecule has 0 aliphatic heterocycles. The summed E-state index contributed by atoms with van der Waals surface area (Å²) in [7, 11) is 0. The van der Waals surface area contributed by atoms with Gasteiger partial charge in [-0.1, -0.05) is 29.8 Å². The van der Waals surface area contributed by atoms with Crippen molar-refractivity contribution in [2.45, 2.75) is 6.92 Å². The molecule has 2 N–H and O–H groups in total. The van der Waals surface area contributed by atoms with E-state index in [2.05, 4.69) is 26.3 Å². The van der Waals surface area contributed by atoms with E-state index in [0.717, 1.165) is 22.2 Å². The smallest absolute Gasteiger partial charge is 0.257 e. The van der Waals surface area contributed by atoms with E-state index in [1.54, 1.807) is 18.7 Å². The van der Waals surface area contributed by atoms with Crippen molar-refractivity contribution in [3.8, 4) is 11.1 Å². The fourth-order valence-electron chi connectivity index (χ4n) is 2.76. The van der Waals surface area contributed by atoms with Crippen LogP contribution in [0.2, 0.25) is 0 Å². The molecule has 25 heavy (non-hydrogen) atoms. The number of fused-ring (bicyclic) bond motifs is 1. The van der Waals surface area contributed by atoms with Crippen molar-refractivity contribution < 1.29 is 4.79 Å². The summed E-state index contributed by atoms with van der Waals surface area (Å²) in [5.41, 5.74) is 6.10. The van der Waals surface area contributed by atoms with Crippen molar-refractivity contribution >= 4 is 22.6 Å². The molecule has 0 bridgehead atoms. The summed E-state index contributed by atoms with van der Waals surface area (Å²) in [5, 5.41) is 2.90.